The van der Waals surface area contributed by atoms with E-state index < -0.39 is 5.82 Å². The maximum absolute atomic E-state index is 14.7. The van der Waals surface area contributed by atoms with Crippen LogP contribution in [0.25, 0.3) is 10.2 Å². The number of carbonyl (C=O) groups excluding carboxylic acids is 1. The Hall–Kier alpha value is -2.91. The van der Waals surface area contributed by atoms with Crippen molar-refractivity contribution in [1.82, 2.24) is 4.98 Å². The first kappa shape index (κ1) is 19.8. The van der Waals surface area contributed by atoms with Gasteiger partial charge in [0.05, 0.1) is 27.5 Å². The number of ether oxygens (including phenoxy) is 1. The van der Waals surface area contributed by atoms with Crippen molar-refractivity contribution in [3.05, 3.63) is 52.8 Å². The Morgan fingerprint density at radius 1 is 1.29 bits per heavy atom. The Balaban J connectivity index is 1.64. The Morgan fingerprint density at radius 2 is 2.14 bits per heavy atom. The molecule has 1 amide bonds. The van der Waals surface area contributed by atoms with E-state index in [1.54, 1.807) is 30.3 Å². The molecule has 0 aliphatic heterocycles. The van der Waals surface area contributed by atoms with Gasteiger partial charge in [0.2, 0.25) is 0 Å². The van der Waals surface area contributed by atoms with Crippen LogP contribution in [0.5, 0.6) is 5.75 Å². The monoisotopic (exact) mass is 396 g/mol. The molecule has 1 heterocycles. The second kappa shape index (κ2) is 9.34. The molecule has 0 radical (unpaired) electrons. The van der Waals surface area contributed by atoms with Crippen molar-refractivity contribution in [3.63, 3.8) is 0 Å². The molecule has 0 aliphatic rings. The molecule has 0 saturated carbocycles. The third-order valence-corrected chi connectivity index (χ3v) is 5.13. The highest BCUT2D eigenvalue weighted by atomic mass is 32.1. The van der Waals surface area contributed by atoms with Gasteiger partial charge in [0.1, 0.15) is 0 Å². The van der Waals surface area contributed by atoms with Crippen molar-refractivity contribution in [2.45, 2.75) is 32.6 Å². The molecular weight excluding hydrogens is 375 g/mol. The number of benzene rings is 2. The average molecular weight is 396 g/mol. The third-order valence-electron chi connectivity index (χ3n) is 4.19. The molecule has 0 fully saturated rings. The summed E-state index contributed by atoms with van der Waals surface area (Å²) >= 11 is 1.52. The molecule has 2 aromatic carbocycles. The minimum Gasteiger partial charge on any atom is -0.490 e. The minimum atomic E-state index is -0.575. The summed E-state index contributed by atoms with van der Waals surface area (Å²) in [4.78, 5) is 16.9. The molecule has 6 heteroatoms. The second-order valence-corrected chi connectivity index (χ2v) is 7.59. The number of nitrogens with zero attached hydrogens (tertiary/aromatic N) is 1. The van der Waals surface area contributed by atoms with Crippen LogP contribution in [0, 0.1) is 25.1 Å². The molecule has 1 N–H and O–H groups in total. The zero-order valence-electron chi connectivity index (χ0n) is 15.6. The fourth-order valence-corrected chi connectivity index (χ4v) is 3.65. The van der Waals surface area contributed by atoms with Crippen molar-refractivity contribution in [2.75, 3.05) is 11.9 Å². The summed E-state index contributed by atoms with van der Waals surface area (Å²) in [5.74, 6) is 1.77. The number of nitrogens with one attached hydrogen (secondary N) is 1. The van der Waals surface area contributed by atoms with Gasteiger partial charge in [-0.15, -0.1) is 23.7 Å². The van der Waals surface area contributed by atoms with E-state index >= 15 is 0 Å². The first-order valence-electron chi connectivity index (χ1n) is 9.12. The number of fused-ring (bicyclic) bond motifs is 1. The summed E-state index contributed by atoms with van der Waals surface area (Å²) in [6, 6.07) is 9.97. The number of rotatable bonds is 8. The van der Waals surface area contributed by atoms with E-state index in [0.717, 1.165) is 40.9 Å². The third kappa shape index (κ3) is 4.87. The number of anilines is 1. The number of amides is 1. The minimum absolute atomic E-state index is 0.0930. The number of halogens is 1. The highest BCUT2D eigenvalue weighted by molar-refractivity contribution is 7.18. The van der Waals surface area contributed by atoms with Gasteiger partial charge in [-0.3, -0.25) is 4.79 Å². The number of unbranched alkanes of at least 4 members (excludes halogenated alkanes) is 3. The Bertz CT molecular complexity index is 1020. The molecule has 3 rings (SSSR count). The number of thiazole rings is 1. The van der Waals surface area contributed by atoms with Gasteiger partial charge in [0.15, 0.2) is 11.6 Å². The van der Waals surface area contributed by atoms with Crippen LogP contribution in [0.15, 0.2) is 36.4 Å². The summed E-state index contributed by atoms with van der Waals surface area (Å²) in [6.07, 6.45) is 8.61. The van der Waals surface area contributed by atoms with E-state index in [1.165, 1.54) is 17.4 Å². The van der Waals surface area contributed by atoms with Crippen LogP contribution in [-0.4, -0.2) is 17.5 Å². The molecule has 0 aliphatic carbocycles. The van der Waals surface area contributed by atoms with Crippen molar-refractivity contribution in [3.8, 4) is 18.1 Å². The van der Waals surface area contributed by atoms with Crippen molar-refractivity contribution in [2.24, 2.45) is 0 Å². The van der Waals surface area contributed by atoms with E-state index in [2.05, 4.69) is 16.2 Å². The smallest absolute Gasteiger partial charge is 0.255 e. The SMILES string of the molecule is C#CCCCCCOc1cccc(NC(=O)c2ccc3nc(C)sc3c2)c1F. The van der Waals surface area contributed by atoms with Crippen LogP contribution in [0.1, 0.15) is 41.0 Å². The Labute approximate surface area is 167 Å². The van der Waals surface area contributed by atoms with Crippen LogP contribution in [0.4, 0.5) is 10.1 Å². The largest absolute Gasteiger partial charge is 0.490 e. The highest BCUT2D eigenvalue weighted by Gasteiger charge is 2.14. The Morgan fingerprint density at radius 3 is 2.96 bits per heavy atom. The Kier molecular flexibility index (Phi) is 6.62. The standard InChI is InChI=1S/C22H21FN2O2S/c1-3-4-5-6-7-13-27-19-10-8-9-18(21(19)23)25-22(26)16-11-12-17-20(14-16)28-15(2)24-17/h1,8-12,14H,4-7,13H2,2H3,(H,25,26). The number of carbonyl (C=O) groups is 1. The maximum atomic E-state index is 14.7. The first-order chi connectivity index (χ1) is 13.6. The number of terminal acetylenes is 1. The molecule has 28 heavy (non-hydrogen) atoms. The molecule has 144 valence electrons. The van der Waals surface area contributed by atoms with Crippen LogP contribution >= 0.6 is 11.3 Å². The fraction of sp³-hybridized carbons (Fsp3) is 0.273. The second-order valence-electron chi connectivity index (χ2n) is 6.35. The molecule has 1 aromatic heterocycles. The highest BCUT2D eigenvalue weighted by Crippen LogP contribution is 2.26. The molecule has 4 nitrogen and oxygen atoms in total. The van der Waals surface area contributed by atoms with E-state index in [-0.39, 0.29) is 17.3 Å². The molecule has 0 saturated heterocycles. The van der Waals surface area contributed by atoms with Gasteiger partial charge in [-0.25, -0.2) is 9.37 Å². The van der Waals surface area contributed by atoms with E-state index in [4.69, 9.17) is 11.2 Å². The van der Waals surface area contributed by atoms with E-state index in [0.29, 0.717) is 12.2 Å². The number of aryl methyl sites for hydroxylation is 1. The summed E-state index contributed by atoms with van der Waals surface area (Å²) in [6.45, 7) is 2.32. The number of aromatic nitrogens is 1. The number of hydrogen-bond acceptors (Lipinski definition) is 4. The van der Waals surface area contributed by atoms with E-state index in [9.17, 15) is 9.18 Å². The maximum Gasteiger partial charge on any atom is 0.255 e. The summed E-state index contributed by atoms with van der Waals surface area (Å²) in [5, 5.41) is 3.56. The van der Waals surface area contributed by atoms with Gasteiger partial charge in [-0.05, 0) is 56.5 Å². The fourth-order valence-electron chi connectivity index (χ4n) is 2.78. The lowest BCUT2D eigenvalue weighted by Gasteiger charge is -2.11. The molecule has 0 unspecified atom stereocenters. The normalized spacial score (nSPS) is 10.6. The van der Waals surface area contributed by atoms with Crippen molar-refractivity contribution < 1.29 is 13.9 Å². The molecule has 0 spiro atoms. The quantitative estimate of drug-likeness (QED) is 0.400. The van der Waals surface area contributed by atoms with Crippen LogP contribution < -0.4 is 10.1 Å². The lowest BCUT2D eigenvalue weighted by molar-refractivity contribution is 0.102. The topological polar surface area (TPSA) is 51.2 Å². The molecule has 3 aromatic rings. The predicted octanol–water partition coefficient (Wildman–Crippen LogP) is 5.57. The van der Waals surface area contributed by atoms with Gasteiger partial charge < -0.3 is 10.1 Å². The lowest BCUT2D eigenvalue weighted by Crippen LogP contribution is -2.13. The zero-order valence-corrected chi connectivity index (χ0v) is 16.4. The molecular formula is C22H21FN2O2S. The van der Waals surface area contributed by atoms with Gasteiger partial charge in [0, 0.05) is 12.0 Å². The van der Waals surface area contributed by atoms with Crippen molar-refractivity contribution >= 4 is 33.1 Å². The van der Waals surface area contributed by atoms with Gasteiger partial charge in [-0.1, -0.05) is 6.07 Å². The van der Waals surface area contributed by atoms with Gasteiger partial charge in [-0.2, -0.15) is 0 Å². The summed E-state index contributed by atoms with van der Waals surface area (Å²) in [7, 11) is 0. The van der Waals surface area contributed by atoms with E-state index in [1.807, 2.05) is 6.92 Å². The molecule has 0 atom stereocenters. The van der Waals surface area contributed by atoms with Gasteiger partial charge >= 0.3 is 0 Å². The zero-order chi connectivity index (χ0) is 19.9. The van der Waals surface area contributed by atoms with Crippen LogP contribution in [-0.2, 0) is 0 Å². The van der Waals surface area contributed by atoms with Crippen LogP contribution in [0.3, 0.4) is 0 Å². The number of hydrogen-bond donors (Lipinski definition) is 1. The summed E-state index contributed by atoms with van der Waals surface area (Å²) in [5.41, 5.74) is 1.40. The van der Waals surface area contributed by atoms with Crippen molar-refractivity contribution in [1.29, 1.82) is 0 Å². The van der Waals surface area contributed by atoms with Crippen LogP contribution in [0.2, 0.25) is 0 Å². The first-order valence-corrected chi connectivity index (χ1v) is 9.93. The average Bonchev–Trinajstić information content (AvgIpc) is 3.06. The lowest BCUT2D eigenvalue weighted by atomic mass is 10.2. The summed E-state index contributed by atoms with van der Waals surface area (Å²) < 4.78 is 21.1. The predicted molar refractivity (Wildman–Crippen MR) is 112 cm³/mol. The molecule has 0 bridgehead atoms. The van der Waals surface area contributed by atoms with Gasteiger partial charge in [0.25, 0.3) is 5.91 Å².